The molecule has 0 aromatic rings. The van der Waals surface area contributed by atoms with Crippen molar-refractivity contribution in [2.45, 2.75) is 39.7 Å². The lowest BCUT2D eigenvalue weighted by Gasteiger charge is -2.17. The molecule has 0 saturated heterocycles. The van der Waals surface area contributed by atoms with Crippen molar-refractivity contribution in [1.82, 2.24) is 5.32 Å². The van der Waals surface area contributed by atoms with E-state index in [2.05, 4.69) is 10.3 Å². The summed E-state index contributed by atoms with van der Waals surface area (Å²) in [6.07, 6.45) is 1.64. The Morgan fingerprint density at radius 3 is 2.53 bits per heavy atom. The third kappa shape index (κ3) is 5.52. The predicted octanol–water partition coefficient (Wildman–Crippen LogP) is 1.56. The average molecular weight is 214 g/mol. The highest BCUT2D eigenvalue weighted by Crippen LogP contribution is 2.12. The van der Waals surface area contributed by atoms with Gasteiger partial charge in [0.15, 0.2) is 0 Å². The summed E-state index contributed by atoms with van der Waals surface area (Å²) in [6.45, 7) is 6.48. The molecule has 4 heteroatoms. The van der Waals surface area contributed by atoms with Crippen LogP contribution < -0.4 is 5.32 Å². The van der Waals surface area contributed by atoms with Crippen molar-refractivity contribution in [3.63, 3.8) is 0 Å². The highest BCUT2D eigenvalue weighted by Gasteiger charge is 2.22. The molecule has 0 aliphatic rings. The maximum Gasteiger partial charge on any atom is 0.308 e. The van der Waals surface area contributed by atoms with Gasteiger partial charge >= 0.3 is 5.97 Å². The molecule has 2 N–H and O–H groups in total. The minimum atomic E-state index is -0.774. The van der Waals surface area contributed by atoms with E-state index in [1.54, 1.807) is 6.92 Å². The zero-order valence-corrected chi connectivity index (χ0v) is 10.1. The standard InChI is InChI=1S/C11H22N2O2/c1-5-8(2)13-10(6-7-12-4)9(3)11(14)15/h9-10,12H,5-7H2,1-4H3,(H,14,15). The quantitative estimate of drug-likeness (QED) is 0.632. The van der Waals surface area contributed by atoms with Crippen LogP contribution in [0.25, 0.3) is 0 Å². The molecular weight excluding hydrogens is 192 g/mol. The number of hydrogen-bond acceptors (Lipinski definition) is 3. The second-order valence-corrected chi connectivity index (χ2v) is 3.80. The van der Waals surface area contributed by atoms with Crippen LogP contribution in [-0.4, -0.2) is 36.4 Å². The van der Waals surface area contributed by atoms with Gasteiger partial charge in [0, 0.05) is 5.71 Å². The Morgan fingerprint density at radius 2 is 2.13 bits per heavy atom. The maximum atomic E-state index is 10.9. The van der Waals surface area contributed by atoms with Gasteiger partial charge in [-0.15, -0.1) is 0 Å². The Labute approximate surface area is 91.8 Å². The molecule has 0 aromatic carbocycles. The maximum absolute atomic E-state index is 10.9. The molecule has 0 aliphatic carbocycles. The smallest absolute Gasteiger partial charge is 0.308 e. The van der Waals surface area contributed by atoms with Crippen LogP contribution in [0, 0.1) is 5.92 Å². The van der Waals surface area contributed by atoms with Gasteiger partial charge in [-0.1, -0.05) is 6.92 Å². The molecule has 0 bridgehead atoms. The average Bonchev–Trinajstić information content (AvgIpc) is 2.22. The number of nitrogens with one attached hydrogen (secondary N) is 1. The third-order valence-electron chi connectivity index (χ3n) is 2.55. The monoisotopic (exact) mass is 214 g/mol. The van der Waals surface area contributed by atoms with Crippen molar-refractivity contribution in [2.24, 2.45) is 10.9 Å². The van der Waals surface area contributed by atoms with Gasteiger partial charge in [0.25, 0.3) is 0 Å². The first kappa shape index (κ1) is 14.1. The number of hydrogen-bond donors (Lipinski definition) is 2. The fraction of sp³-hybridized carbons (Fsp3) is 0.818. The third-order valence-corrected chi connectivity index (χ3v) is 2.55. The van der Waals surface area contributed by atoms with Crippen molar-refractivity contribution in [2.75, 3.05) is 13.6 Å². The Bertz CT molecular complexity index is 227. The summed E-state index contributed by atoms with van der Waals surface area (Å²) in [5, 5.41) is 12.0. The number of carboxylic acids is 1. The molecule has 2 atom stereocenters. The van der Waals surface area contributed by atoms with Crippen molar-refractivity contribution < 1.29 is 9.90 Å². The van der Waals surface area contributed by atoms with E-state index in [1.807, 2.05) is 20.9 Å². The molecule has 0 spiro atoms. The second kappa shape index (κ2) is 7.40. The summed E-state index contributed by atoms with van der Waals surface area (Å²) in [6, 6.07) is -0.116. The fourth-order valence-electron chi connectivity index (χ4n) is 1.26. The summed E-state index contributed by atoms with van der Waals surface area (Å²) in [5.74, 6) is -1.19. The molecule has 15 heavy (non-hydrogen) atoms. The zero-order chi connectivity index (χ0) is 11.8. The topological polar surface area (TPSA) is 61.7 Å². The number of carbonyl (C=O) groups is 1. The highest BCUT2D eigenvalue weighted by atomic mass is 16.4. The van der Waals surface area contributed by atoms with Gasteiger partial charge in [-0.05, 0) is 40.3 Å². The highest BCUT2D eigenvalue weighted by molar-refractivity contribution is 5.82. The lowest BCUT2D eigenvalue weighted by Crippen LogP contribution is -2.28. The van der Waals surface area contributed by atoms with E-state index in [4.69, 9.17) is 5.11 Å². The van der Waals surface area contributed by atoms with E-state index in [-0.39, 0.29) is 6.04 Å². The molecule has 4 nitrogen and oxygen atoms in total. The minimum Gasteiger partial charge on any atom is -0.481 e. The van der Waals surface area contributed by atoms with Crippen molar-refractivity contribution in [1.29, 1.82) is 0 Å². The van der Waals surface area contributed by atoms with Crippen LogP contribution in [0.5, 0.6) is 0 Å². The lowest BCUT2D eigenvalue weighted by molar-refractivity contribution is -0.141. The summed E-state index contributed by atoms with van der Waals surface area (Å²) in [5.41, 5.74) is 1.02. The second-order valence-electron chi connectivity index (χ2n) is 3.80. The van der Waals surface area contributed by atoms with E-state index in [1.165, 1.54) is 0 Å². The molecule has 88 valence electrons. The Balaban J connectivity index is 4.49. The molecule has 0 aromatic heterocycles. The van der Waals surface area contributed by atoms with Crippen LogP contribution in [0.15, 0.2) is 4.99 Å². The summed E-state index contributed by atoms with van der Waals surface area (Å²) in [4.78, 5) is 15.3. The molecule has 0 rings (SSSR count). The number of nitrogens with zero attached hydrogens (tertiary/aromatic N) is 1. The SMILES string of the molecule is CCC(C)=NC(CCNC)C(C)C(=O)O. The number of aliphatic carboxylic acids is 1. The first-order chi connectivity index (χ1) is 7.02. The van der Waals surface area contributed by atoms with Gasteiger partial charge < -0.3 is 10.4 Å². The lowest BCUT2D eigenvalue weighted by atomic mass is 9.99. The van der Waals surface area contributed by atoms with Gasteiger partial charge in [-0.25, -0.2) is 0 Å². The first-order valence-corrected chi connectivity index (χ1v) is 5.43. The molecule has 0 amide bonds. The van der Waals surface area contributed by atoms with Gasteiger partial charge in [-0.3, -0.25) is 9.79 Å². The molecule has 0 heterocycles. The van der Waals surface area contributed by atoms with E-state index in [0.717, 1.165) is 25.1 Å². The van der Waals surface area contributed by atoms with Crippen LogP contribution in [0.2, 0.25) is 0 Å². The van der Waals surface area contributed by atoms with Crippen LogP contribution >= 0.6 is 0 Å². The summed E-state index contributed by atoms with van der Waals surface area (Å²) in [7, 11) is 1.86. The molecular formula is C11H22N2O2. The Hall–Kier alpha value is -0.900. The zero-order valence-electron chi connectivity index (χ0n) is 10.1. The molecule has 0 saturated carbocycles. The number of carboxylic acid groups (broad SMARTS) is 1. The van der Waals surface area contributed by atoms with E-state index < -0.39 is 11.9 Å². The van der Waals surface area contributed by atoms with E-state index in [9.17, 15) is 4.79 Å². The van der Waals surface area contributed by atoms with Gasteiger partial charge in [0.05, 0.1) is 12.0 Å². The molecule has 0 radical (unpaired) electrons. The fourth-order valence-corrected chi connectivity index (χ4v) is 1.26. The van der Waals surface area contributed by atoms with Crippen LogP contribution in [-0.2, 0) is 4.79 Å². The largest absolute Gasteiger partial charge is 0.481 e. The molecule has 0 aliphatic heterocycles. The van der Waals surface area contributed by atoms with E-state index in [0.29, 0.717) is 0 Å². The number of rotatable bonds is 7. The van der Waals surface area contributed by atoms with Crippen LogP contribution in [0.1, 0.15) is 33.6 Å². The molecule has 2 unspecified atom stereocenters. The Kier molecular flexibility index (Phi) is 6.96. The number of aliphatic imine (C=N–C) groups is 1. The summed E-state index contributed by atoms with van der Waals surface area (Å²) >= 11 is 0. The van der Waals surface area contributed by atoms with Crippen LogP contribution in [0.4, 0.5) is 0 Å². The van der Waals surface area contributed by atoms with Crippen LogP contribution in [0.3, 0.4) is 0 Å². The van der Waals surface area contributed by atoms with Crippen molar-refractivity contribution in [3.05, 3.63) is 0 Å². The predicted molar refractivity (Wildman–Crippen MR) is 62.5 cm³/mol. The normalized spacial score (nSPS) is 16.1. The van der Waals surface area contributed by atoms with Gasteiger partial charge in [-0.2, -0.15) is 0 Å². The van der Waals surface area contributed by atoms with Gasteiger partial charge in [0.1, 0.15) is 0 Å². The van der Waals surface area contributed by atoms with Gasteiger partial charge in [0.2, 0.25) is 0 Å². The minimum absolute atomic E-state index is 0.116. The Morgan fingerprint density at radius 1 is 1.53 bits per heavy atom. The first-order valence-electron chi connectivity index (χ1n) is 5.43. The summed E-state index contributed by atoms with van der Waals surface area (Å²) < 4.78 is 0. The molecule has 0 fully saturated rings. The van der Waals surface area contributed by atoms with Crippen molar-refractivity contribution >= 4 is 11.7 Å². The van der Waals surface area contributed by atoms with E-state index >= 15 is 0 Å². The van der Waals surface area contributed by atoms with Crippen molar-refractivity contribution in [3.8, 4) is 0 Å².